The summed E-state index contributed by atoms with van der Waals surface area (Å²) in [6.07, 6.45) is 0.909. The van der Waals surface area contributed by atoms with Crippen molar-refractivity contribution in [3.8, 4) is 0 Å². The number of benzene rings is 2. The first-order chi connectivity index (χ1) is 15.2. The number of para-hydroxylation sites is 2. The lowest BCUT2D eigenvalue weighted by atomic mass is 10.1. The van der Waals surface area contributed by atoms with Crippen molar-refractivity contribution in [1.82, 2.24) is 14.9 Å². The fourth-order valence-corrected chi connectivity index (χ4v) is 5.28. The molecule has 1 atom stereocenters. The lowest BCUT2D eigenvalue weighted by Gasteiger charge is -2.26. The van der Waals surface area contributed by atoms with Gasteiger partial charge in [-0.3, -0.25) is 9.69 Å². The number of aromatic nitrogens is 2. The molecule has 0 spiro atoms. The van der Waals surface area contributed by atoms with E-state index in [0.717, 1.165) is 60.2 Å². The molecule has 1 amide bonds. The van der Waals surface area contributed by atoms with Gasteiger partial charge in [0.25, 0.3) is 0 Å². The predicted octanol–water partition coefficient (Wildman–Crippen LogP) is 3.53. The summed E-state index contributed by atoms with van der Waals surface area (Å²) in [6, 6.07) is 16.4. The third kappa shape index (κ3) is 4.31. The van der Waals surface area contributed by atoms with Gasteiger partial charge in [0.15, 0.2) is 0 Å². The molecular formula is C24H26N4O2S. The van der Waals surface area contributed by atoms with Crippen molar-refractivity contribution < 1.29 is 9.53 Å². The monoisotopic (exact) mass is 434 g/mol. The van der Waals surface area contributed by atoms with Crippen LogP contribution >= 0.6 is 11.8 Å². The maximum absolute atomic E-state index is 13.2. The zero-order chi connectivity index (χ0) is 21.2. The molecule has 1 aromatic heterocycles. The fourth-order valence-electron chi connectivity index (χ4n) is 4.38. The van der Waals surface area contributed by atoms with Crippen molar-refractivity contribution in [3.63, 3.8) is 0 Å². The highest BCUT2D eigenvalue weighted by atomic mass is 32.2. The minimum absolute atomic E-state index is 0.125. The van der Waals surface area contributed by atoms with Crippen molar-refractivity contribution in [3.05, 3.63) is 59.9 Å². The van der Waals surface area contributed by atoms with E-state index < -0.39 is 0 Å². The van der Waals surface area contributed by atoms with Gasteiger partial charge in [0.1, 0.15) is 10.9 Å². The van der Waals surface area contributed by atoms with Crippen LogP contribution in [0.15, 0.2) is 53.6 Å². The minimum Gasteiger partial charge on any atom is -0.379 e. The quantitative estimate of drug-likeness (QED) is 0.452. The van der Waals surface area contributed by atoms with Gasteiger partial charge in [-0.25, -0.2) is 9.97 Å². The van der Waals surface area contributed by atoms with Gasteiger partial charge in [0.05, 0.1) is 31.0 Å². The number of fused-ring (bicyclic) bond motifs is 2. The van der Waals surface area contributed by atoms with E-state index >= 15 is 0 Å². The smallest absolute Gasteiger partial charge is 0.237 e. The number of carbonyl (C=O) groups is 1. The van der Waals surface area contributed by atoms with Gasteiger partial charge in [-0.1, -0.05) is 48.2 Å². The highest BCUT2D eigenvalue weighted by molar-refractivity contribution is 8.00. The van der Waals surface area contributed by atoms with Crippen LogP contribution < -0.4 is 4.90 Å². The van der Waals surface area contributed by atoms with Crippen molar-refractivity contribution in [2.24, 2.45) is 0 Å². The van der Waals surface area contributed by atoms with Crippen LogP contribution in [-0.4, -0.2) is 58.9 Å². The third-order valence-electron chi connectivity index (χ3n) is 5.89. The van der Waals surface area contributed by atoms with Crippen LogP contribution in [0.3, 0.4) is 0 Å². The number of nitrogens with zero attached hydrogens (tertiary/aromatic N) is 4. The van der Waals surface area contributed by atoms with E-state index in [4.69, 9.17) is 14.7 Å². The van der Waals surface area contributed by atoms with E-state index in [0.29, 0.717) is 12.3 Å². The van der Waals surface area contributed by atoms with E-state index in [2.05, 4.69) is 17.9 Å². The van der Waals surface area contributed by atoms with E-state index in [1.165, 1.54) is 17.3 Å². The molecule has 31 heavy (non-hydrogen) atoms. The molecule has 3 heterocycles. The number of thioether (sulfide) groups is 1. The number of morpholine rings is 1. The van der Waals surface area contributed by atoms with Gasteiger partial charge < -0.3 is 9.64 Å². The SMILES string of the molecule is CC1Cc2ccccc2N1C(=O)CSc1nc(CN2CCOCC2)nc2ccccc12. The second-order valence-electron chi connectivity index (χ2n) is 8.08. The van der Waals surface area contributed by atoms with Gasteiger partial charge in [0, 0.05) is 30.2 Å². The number of hydrogen-bond acceptors (Lipinski definition) is 6. The zero-order valence-electron chi connectivity index (χ0n) is 17.7. The summed E-state index contributed by atoms with van der Waals surface area (Å²) in [6.45, 7) is 6.10. The molecule has 0 N–H and O–H groups in total. The molecule has 1 saturated heterocycles. The molecule has 0 aliphatic carbocycles. The number of amides is 1. The molecule has 3 aromatic rings. The number of ether oxygens (including phenoxy) is 1. The Morgan fingerprint density at radius 3 is 2.74 bits per heavy atom. The predicted molar refractivity (Wildman–Crippen MR) is 123 cm³/mol. The van der Waals surface area contributed by atoms with Crippen molar-refractivity contribution in [2.75, 3.05) is 37.0 Å². The second-order valence-corrected chi connectivity index (χ2v) is 9.05. The van der Waals surface area contributed by atoms with Crippen molar-refractivity contribution in [2.45, 2.75) is 31.0 Å². The first-order valence-electron chi connectivity index (χ1n) is 10.8. The Kier molecular flexibility index (Phi) is 5.89. The Bertz CT molecular complexity index is 1100. The molecule has 160 valence electrons. The molecule has 7 heteroatoms. The number of hydrogen-bond donors (Lipinski definition) is 0. The number of carbonyl (C=O) groups excluding carboxylic acids is 1. The lowest BCUT2D eigenvalue weighted by Crippen LogP contribution is -2.37. The molecule has 5 rings (SSSR count). The Balaban J connectivity index is 1.36. The van der Waals surface area contributed by atoms with Gasteiger partial charge in [-0.05, 0) is 31.0 Å². The largest absolute Gasteiger partial charge is 0.379 e. The molecule has 0 radical (unpaired) electrons. The summed E-state index contributed by atoms with van der Waals surface area (Å²) in [5.74, 6) is 1.28. The van der Waals surface area contributed by atoms with Gasteiger partial charge >= 0.3 is 0 Å². The molecular weight excluding hydrogens is 408 g/mol. The van der Waals surface area contributed by atoms with Gasteiger partial charge in [-0.2, -0.15) is 0 Å². The molecule has 2 aliphatic rings. The van der Waals surface area contributed by atoms with E-state index in [-0.39, 0.29) is 11.9 Å². The number of anilines is 1. The normalized spacial score (nSPS) is 19.0. The minimum atomic E-state index is 0.125. The zero-order valence-corrected chi connectivity index (χ0v) is 18.5. The van der Waals surface area contributed by atoms with Crippen LogP contribution in [0, 0.1) is 0 Å². The third-order valence-corrected chi connectivity index (χ3v) is 6.87. The average Bonchev–Trinajstić information content (AvgIpc) is 3.13. The van der Waals surface area contributed by atoms with E-state index in [1.54, 1.807) is 0 Å². The van der Waals surface area contributed by atoms with Crippen LogP contribution in [0.2, 0.25) is 0 Å². The summed E-state index contributed by atoms with van der Waals surface area (Å²) in [4.78, 5) is 27.1. The topological polar surface area (TPSA) is 58.6 Å². The first-order valence-corrected chi connectivity index (χ1v) is 11.8. The molecule has 6 nitrogen and oxygen atoms in total. The highest BCUT2D eigenvalue weighted by Crippen LogP contribution is 2.33. The van der Waals surface area contributed by atoms with Crippen LogP contribution in [-0.2, 0) is 22.5 Å². The van der Waals surface area contributed by atoms with Crippen molar-refractivity contribution in [1.29, 1.82) is 0 Å². The van der Waals surface area contributed by atoms with Crippen LogP contribution in [0.4, 0.5) is 5.69 Å². The van der Waals surface area contributed by atoms with Crippen molar-refractivity contribution >= 4 is 34.3 Å². The Labute approximate surface area is 186 Å². The molecule has 2 aromatic carbocycles. The van der Waals surface area contributed by atoms with Crippen LogP contribution in [0.5, 0.6) is 0 Å². The summed E-state index contributed by atoms with van der Waals surface area (Å²) < 4.78 is 5.45. The van der Waals surface area contributed by atoms with Crippen LogP contribution in [0.25, 0.3) is 10.9 Å². The summed E-state index contributed by atoms with van der Waals surface area (Å²) in [5.41, 5.74) is 3.21. The first kappa shape index (κ1) is 20.4. The molecule has 1 unspecified atom stereocenters. The second kappa shape index (κ2) is 8.94. The Morgan fingerprint density at radius 2 is 1.87 bits per heavy atom. The maximum Gasteiger partial charge on any atom is 0.237 e. The summed E-state index contributed by atoms with van der Waals surface area (Å²) in [7, 11) is 0. The summed E-state index contributed by atoms with van der Waals surface area (Å²) >= 11 is 1.51. The van der Waals surface area contributed by atoms with E-state index in [9.17, 15) is 4.79 Å². The molecule has 0 bridgehead atoms. The Hall–Kier alpha value is -2.48. The van der Waals surface area contributed by atoms with E-state index in [1.807, 2.05) is 47.4 Å². The Morgan fingerprint density at radius 1 is 1.10 bits per heavy atom. The number of rotatable bonds is 5. The fraction of sp³-hybridized carbons (Fsp3) is 0.375. The van der Waals surface area contributed by atoms with Gasteiger partial charge in [-0.15, -0.1) is 0 Å². The van der Waals surface area contributed by atoms with Gasteiger partial charge in [0.2, 0.25) is 5.91 Å². The highest BCUT2D eigenvalue weighted by Gasteiger charge is 2.30. The molecule has 1 fully saturated rings. The van der Waals surface area contributed by atoms with Crippen LogP contribution in [0.1, 0.15) is 18.3 Å². The summed E-state index contributed by atoms with van der Waals surface area (Å²) in [5, 5.41) is 1.88. The maximum atomic E-state index is 13.2. The molecule has 0 saturated carbocycles. The average molecular weight is 435 g/mol. The lowest BCUT2D eigenvalue weighted by molar-refractivity contribution is -0.116. The molecule has 2 aliphatic heterocycles. The standard InChI is InChI=1S/C24H26N4O2S/c1-17-14-18-6-2-5-9-21(18)28(17)23(29)16-31-24-19-7-3-4-8-20(19)25-22(26-24)15-27-10-12-30-13-11-27/h2-9,17H,10-16H2,1H3.